The number of hydrogen-bond acceptors (Lipinski definition) is 2. The molecule has 1 nitrogen and oxygen atoms in total. The molecular formula is C16H21NS. The third-order valence-electron chi connectivity index (χ3n) is 3.25. The number of benzene rings is 1. The Morgan fingerprint density at radius 1 is 1.11 bits per heavy atom. The van der Waals surface area contributed by atoms with Crippen molar-refractivity contribution >= 4 is 11.3 Å². The second kappa shape index (κ2) is 5.68. The molecular weight excluding hydrogens is 238 g/mol. The highest BCUT2D eigenvalue weighted by Gasteiger charge is 2.18. The summed E-state index contributed by atoms with van der Waals surface area (Å²) in [4.78, 5) is 2.84. The number of nitrogens with one attached hydrogen (secondary N) is 1. The number of thiophene rings is 1. The van der Waals surface area contributed by atoms with E-state index in [1.54, 1.807) is 0 Å². The van der Waals surface area contributed by atoms with Gasteiger partial charge in [-0.3, -0.25) is 0 Å². The van der Waals surface area contributed by atoms with E-state index in [0.717, 1.165) is 6.54 Å². The first-order valence-corrected chi connectivity index (χ1v) is 7.31. The second-order valence-corrected chi connectivity index (χ2v) is 6.04. The summed E-state index contributed by atoms with van der Waals surface area (Å²) < 4.78 is 0. The molecule has 0 aliphatic carbocycles. The SMILES string of the molecule is CCNC(c1ccccc1C)c1sc(C)cc1C. The Labute approximate surface area is 114 Å². The average Bonchev–Trinajstić information content (AvgIpc) is 2.66. The van der Waals surface area contributed by atoms with Crippen molar-refractivity contribution < 1.29 is 0 Å². The van der Waals surface area contributed by atoms with Crippen LogP contribution in [-0.4, -0.2) is 6.54 Å². The van der Waals surface area contributed by atoms with Gasteiger partial charge in [-0.15, -0.1) is 11.3 Å². The molecule has 1 unspecified atom stereocenters. The van der Waals surface area contributed by atoms with Crippen LogP contribution in [0.1, 0.15) is 39.4 Å². The van der Waals surface area contributed by atoms with Gasteiger partial charge < -0.3 is 5.32 Å². The zero-order valence-electron chi connectivity index (χ0n) is 11.6. The van der Waals surface area contributed by atoms with Gasteiger partial charge in [0.15, 0.2) is 0 Å². The van der Waals surface area contributed by atoms with Crippen LogP contribution in [0.4, 0.5) is 0 Å². The van der Waals surface area contributed by atoms with E-state index in [9.17, 15) is 0 Å². The predicted molar refractivity (Wildman–Crippen MR) is 80.5 cm³/mol. The van der Waals surface area contributed by atoms with Gasteiger partial charge in [0, 0.05) is 9.75 Å². The number of rotatable bonds is 4. The average molecular weight is 259 g/mol. The maximum atomic E-state index is 3.62. The van der Waals surface area contributed by atoms with Crippen molar-refractivity contribution in [3.8, 4) is 0 Å². The molecule has 0 saturated carbocycles. The maximum absolute atomic E-state index is 3.62. The van der Waals surface area contributed by atoms with Crippen molar-refractivity contribution in [2.24, 2.45) is 0 Å². The van der Waals surface area contributed by atoms with Crippen LogP contribution in [0.2, 0.25) is 0 Å². The van der Waals surface area contributed by atoms with E-state index in [1.165, 1.54) is 26.4 Å². The first-order valence-electron chi connectivity index (χ1n) is 6.49. The summed E-state index contributed by atoms with van der Waals surface area (Å²) in [5.74, 6) is 0. The molecule has 0 radical (unpaired) electrons. The Balaban J connectivity index is 2.46. The van der Waals surface area contributed by atoms with Crippen LogP contribution in [0.25, 0.3) is 0 Å². The van der Waals surface area contributed by atoms with Crippen molar-refractivity contribution in [3.63, 3.8) is 0 Å². The minimum Gasteiger partial charge on any atom is -0.306 e. The fraction of sp³-hybridized carbons (Fsp3) is 0.375. The zero-order valence-corrected chi connectivity index (χ0v) is 12.4. The van der Waals surface area contributed by atoms with E-state index >= 15 is 0 Å². The van der Waals surface area contributed by atoms with Crippen LogP contribution in [0.15, 0.2) is 30.3 Å². The Morgan fingerprint density at radius 2 is 1.83 bits per heavy atom. The standard InChI is InChI=1S/C16H21NS/c1-5-17-15(14-9-7-6-8-11(14)2)16-12(3)10-13(4)18-16/h6-10,15,17H,5H2,1-4H3. The fourth-order valence-corrected chi connectivity index (χ4v) is 3.54. The molecule has 2 aromatic rings. The van der Waals surface area contributed by atoms with Gasteiger partial charge in [-0.2, -0.15) is 0 Å². The van der Waals surface area contributed by atoms with Crippen LogP contribution < -0.4 is 5.32 Å². The molecule has 0 aliphatic rings. The summed E-state index contributed by atoms with van der Waals surface area (Å²) in [7, 11) is 0. The highest BCUT2D eigenvalue weighted by molar-refractivity contribution is 7.12. The molecule has 1 heterocycles. The summed E-state index contributed by atoms with van der Waals surface area (Å²) in [5, 5.41) is 3.62. The Hall–Kier alpha value is -1.12. The van der Waals surface area contributed by atoms with Gasteiger partial charge in [-0.1, -0.05) is 31.2 Å². The predicted octanol–water partition coefficient (Wildman–Crippen LogP) is 4.37. The van der Waals surface area contributed by atoms with E-state index in [2.05, 4.69) is 63.3 Å². The normalized spacial score (nSPS) is 12.7. The molecule has 0 aliphatic heterocycles. The highest BCUT2D eigenvalue weighted by atomic mass is 32.1. The first-order chi connectivity index (χ1) is 8.63. The molecule has 1 atom stereocenters. The molecule has 1 N–H and O–H groups in total. The molecule has 0 amide bonds. The second-order valence-electron chi connectivity index (χ2n) is 4.75. The van der Waals surface area contributed by atoms with E-state index in [-0.39, 0.29) is 0 Å². The van der Waals surface area contributed by atoms with Crippen LogP contribution >= 0.6 is 11.3 Å². The van der Waals surface area contributed by atoms with Crippen molar-refractivity contribution in [1.29, 1.82) is 0 Å². The van der Waals surface area contributed by atoms with Crippen molar-refractivity contribution in [3.05, 3.63) is 56.8 Å². The minimum atomic E-state index is 0.329. The van der Waals surface area contributed by atoms with Crippen molar-refractivity contribution in [2.75, 3.05) is 6.54 Å². The lowest BCUT2D eigenvalue weighted by Gasteiger charge is -2.20. The lowest BCUT2D eigenvalue weighted by molar-refractivity contribution is 0.634. The number of aryl methyl sites for hydroxylation is 3. The quantitative estimate of drug-likeness (QED) is 0.859. The molecule has 0 spiro atoms. The minimum absolute atomic E-state index is 0.329. The smallest absolute Gasteiger partial charge is 0.0676 e. The van der Waals surface area contributed by atoms with E-state index in [0.29, 0.717) is 6.04 Å². The Morgan fingerprint density at radius 3 is 2.39 bits per heavy atom. The highest BCUT2D eigenvalue weighted by Crippen LogP contribution is 2.33. The molecule has 2 rings (SSSR count). The lowest BCUT2D eigenvalue weighted by Crippen LogP contribution is -2.22. The van der Waals surface area contributed by atoms with Crippen LogP contribution in [-0.2, 0) is 0 Å². The van der Waals surface area contributed by atoms with E-state index < -0.39 is 0 Å². The van der Waals surface area contributed by atoms with Gasteiger partial charge in [-0.25, -0.2) is 0 Å². The Kier molecular flexibility index (Phi) is 4.20. The summed E-state index contributed by atoms with van der Waals surface area (Å²) in [5.41, 5.74) is 4.14. The molecule has 0 saturated heterocycles. The summed E-state index contributed by atoms with van der Waals surface area (Å²) in [6.07, 6.45) is 0. The van der Waals surface area contributed by atoms with Crippen molar-refractivity contribution in [1.82, 2.24) is 5.32 Å². The number of hydrogen-bond donors (Lipinski definition) is 1. The van der Waals surface area contributed by atoms with Gasteiger partial charge >= 0.3 is 0 Å². The molecule has 18 heavy (non-hydrogen) atoms. The van der Waals surface area contributed by atoms with Gasteiger partial charge in [0.25, 0.3) is 0 Å². The van der Waals surface area contributed by atoms with Gasteiger partial charge in [0.05, 0.1) is 6.04 Å². The van der Waals surface area contributed by atoms with E-state index in [1.807, 2.05) is 11.3 Å². The summed E-state index contributed by atoms with van der Waals surface area (Å²) >= 11 is 1.90. The monoisotopic (exact) mass is 259 g/mol. The molecule has 2 heteroatoms. The summed E-state index contributed by atoms with van der Waals surface area (Å²) in [6, 6.07) is 11.3. The molecule has 0 fully saturated rings. The van der Waals surface area contributed by atoms with Crippen LogP contribution in [0.3, 0.4) is 0 Å². The topological polar surface area (TPSA) is 12.0 Å². The van der Waals surface area contributed by atoms with Gasteiger partial charge in [-0.05, 0) is 50.1 Å². The maximum Gasteiger partial charge on any atom is 0.0676 e. The van der Waals surface area contributed by atoms with Gasteiger partial charge in [0.2, 0.25) is 0 Å². The lowest BCUT2D eigenvalue weighted by atomic mass is 9.98. The molecule has 0 bridgehead atoms. The summed E-state index contributed by atoms with van der Waals surface area (Å²) in [6.45, 7) is 9.73. The largest absolute Gasteiger partial charge is 0.306 e. The van der Waals surface area contributed by atoms with Crippen molar-refractivity contribution in [2.45, 2.75) is 33.7 Å². The molecule has 1 aromatic heterocycles. The zero-order chi connectivity index (χ0) is 13.1. The van der Waals surface area contributed by atoms with E-state index in [4.69, 9.17) is 0 Å². The van der Waals surface area contributed by atoms with Crippen LogP contribution in [0, 0.1) is 20.8 Å². The third-order valence-corrected chi connectivity index (χ3v) is 4.47. The molecule has 96 valence electrons. The first kappa shape index (κ1) is 13.3. The Bertz CT molecular complexity index is 528. The van der Waals surface area contributed by atoms with Crippen LogP contribution in [0.5, 0.6) is 0 Å². The van der Waals surface area contributed by atoms with Gasteiger partial charge in [0.1, 0.15) is 0 Å². The third kappa shape index (κ3) is 2.65. The molecule has 1 aromatic carbocycles. The fourth-order valence-electron chi connectivity index (χ4n) is 2.40.